The van der Waals surface area contributed by atoms with Gasteiger partial charge in [-0.3, -0.25) is 19.3 Å². The van der Waals surface area contributed by atoms with Gasteiger partial charge in [-0.05, 0) is 19.1 Å². The van der Waals surface area contributed by atoms with Crippen LogP contribution < -0.4 is 10.9 Å². The predicted molar refractivity (Wildman–Crippen MR) is 131 cm³/mol. The van der Waals surface area contributed by atoms with E-state index in [0.717, 1.165) is 5.69 Å². The Hall–Kier alpha value is -4.32. The molecule has 4 aromatic rings. The zero-order chi connectivity index (χ0) is 25.1. The van der Waals surface area contributed by atoms with Gasteiger partial charge in [0.25, 0.3) is 5.56 Å². The molecule has 1 saturated heterocycles. The number of aromatic nitrogens is 5. The van der Waals surface area contributed by atoms with Crippen molar-refractivity contribution in [2.24, 2.45) is 0 Å². The number of nitrogens with one attached hydrogen (secondary N) is 2. The number of aromatic amines is 1. The molecule has 0 saturated carbocycles. The lowest BCUT2D eigenvalue weighted by atomic mass is 10.2. The predicted octanol–water partition coefficient (Wildman–Crippen LogP) is 1.12. The summed E-state index contributed by atoms with van der Waals surface area (Å²) in [6, 6.07) is 11.1. The minimum Gasteiger partial charge on any atom is -0.360 e. The first-order valence-corrected chi connectivity index (χ1v) is 11.7. The number of carbonyl (C=O) groups is 2. The number of para-hydroxylation sites is 1. The molecule has 1 aliphatic heterocycles. The molecule has 2 N–H and O–H groups in total. The van der Waals surface area contributed by atoms with Crippen LogP contribution in [0, 0.1) is 6.92 Å². The van der Waals surface area contributed by atoms with Crippen molar-refractivity contribution in [3.8, 4) is 5.69 Å². The second-order valence-corrected chi connectivity index (χ2v) is 8.67. The van der Waals surface area contributed by atoms with Gasteiger partial charge in [-0.25, -0.2) is 9.67 Å². The third kappa shape index (κ3) is 5.18. The number of benzene rings is 1. The maximum absolute atomic E-state index is 12.8. The smallest absolute Gasteiger partial charge is 0.262 e. The van der Waals surface area contributed by atoms with Crippen LogP contribution in [0.2, 0.25) is 0 Å². The Labute approximate surface area is 205 Å². The third-order valence-corrected chi connectivity index (χ3v) is 6.05. The number of anilines is 1. The van der Waals surface area contributed by atoms with Gasteiger partial charge < -0.3 is 19.7 Å². The number of nitrogens with zero attached hydrogens (tertiary/aromatic N) is 6. The molecule has 2 amide bonds. The second-order valence-electron chi connectivity index (χ2n) is 8.67. The van der Waals surface area contributed by atoms with Crippen LogP contribution in [0.15, 0.2) is 51.9 Å². The van der Waals surface area contributed by atoms with Gasteiger partial charge in [-0.2, -0.15) is 5.10 Å². The van der Waals surface area contributed by atoms with E-state index < -0.39 is 0 Å². The molecule has 3 aromatic heterocycles. The van der Waals surface area contributed by atoms with Crippen LogP contribution in [0.1, 0.15) is 18.0 Å². The van der Waals surface area contributed by atoms with Crippen LogP contribution in [0.3, 0.4) is 0 Å². The highest BCUT2D eigenvalue weighted by Gasteiger charge is 2.23. The Morgan fingerprint density at radius 1 is 1.14 bits per heavy atom. The van der Waals surface area contributed by atoms with E-state index in [4.69, 9.17) is 4.52 Å². The lowest BCUT2D eigenvalue weighted by molar-refractivity contribution is -0.133. The van der Waals surface area contributed by atoms with E-state index in [1.807, 2.05) is 35.2 Å². The lowest BCUT2D eigenvalue weighted by Crippen LogP contribution is -2.50. The topological polar surface area (TPSA) is 142 Å². The third-order valence-electron chi connectivity index (χ3n) is 6.05. The zero-order valence-corrected chi connectivity index (χ0v) is 19.8. The number of H-pyrrole nitrogens is 1. The van der Waals surface area contributed by atoms with E-state index in [1.54, 1.807) is 22.6 Å². The fraction of sp³-hybridized carbons (Fsp3) is 0.333. The summed E-state index contributed by atoms with van der Waals surface area (Å²) in [5.41, 5.74) is 0.979. The van der Waals surface area contributed by atoms with E-state index in [0.29, 0.717) is 61.0 Å². The summed E-state index contributed by atoms with van der Waals surface area (Å²) in [4.78, 5) is 48.7. The van der Waals surface area contributed by atoms with Gasteiger partial charge in [0.05, 0.1) is 18.4 Å². The summed E-state index contributed by atoms with van der Waals surface area (Å²) in [6.45, 7) is 4.21. The largest absolute Gasteiger partial charge is 0.360 e. The van der Waals surface area contributed by atoms with Crippen LogP contribution in [-0.2, 0) is 16.0 Å². The van der Waals surface area contributed by atoms with Crippen LogP contribution in [0.5, 0.6) is 0 Å². The second kappa shape index (κ2) is 10.1. The molecular weight excluding hydrogens is 464 g/mol. The molecule has 0 bridgehead atoms. The van der Waals surface area contributed by atoms with Crippen LogP contribution in [0.25, 0.3) is 16.7 Å². The van der Waals surface area contributed by atoms with Crippen LogP contribution >= 0.6 is 0 Å². The molecule has 0 unspecified atom stereocenters. The first-order chi connectivity index (χ1) is 17.5. The number of fused-ring (bicyclic) bond motifs is 1. The highest BCUT2D eigenvalue weighted by atomic mass is 16.5. The van der Waals surface area contributed by atoms with Gasteiger partial charge in [0.1, 0.15) is 17.0 Å². The maximum atomic E-state index is 12.8. The SMILES string of the molecule is Cc1cc(NC(=O)CN2CCN(C(=O)CCc3nc4c(cnn4-c4ccccc4)c(=O)[nH]3)CC2)no1. The average molecular weight is 491 g/mol. The summed E-state index contributed by atoms with van der Waals surface area (Å²) in [6.07, 6.45) is 2.03. The van der Waals surface area contributed by atoms with Crippen LogP contribution in [0.4, 0.5) is 5.82 Å². The molecule has 36 heavy (non-hydrogen) atoms. The first kappa shape index (κ1) is 23.4. The quantitative estimate of drug-likeness (QED) is 0.392. The standard InChI is InChI=1S/C24H26N8O4/c1-16-13-20(29-36-16)26-21(33)15-30-9-11-31(12-10-30)22(34)8-7-19-27-23-18(24(35)28-19)14-25-32(23)17-5-3-2-4-6-17/h2-6,13-14H,7-12,15H2,1H3,(H,26,29,33)(H,27,28,35). The van der Waals surface area contributed by atoms with Crippen molar-refractivity contribution in [3.63, 3.8) is 0 Å². The van der Waals surface area contributed by atoms with Crippen molar-refractivity contribution in [1.29, 1.82) is 0 Å². The molecule has 5 rings (SSSR count). The molecule has 0 radical (unpaired) electrons. The van der Waals surface area contributed by atoms with Crippen molar-refractivity contribution in [1.82, 2.24) is 34.7 Å². The summed E-state index contributed by atoms with van der Waals surface area (Å²) in [5.74, 6) is 1.26. The van der Waals surface area contributed by atoms with Crippen molar-refractivity contribution < 1.29 is 14.1 Å². The Bertz CT molecular complexity index is 1430. The van der Waals surface area contributed by atoms with E-state index in [-0.39, 0.29) is 30.3 Å². The highest BCUT2D eigenvalue weighted by Crippen LogP contribution is 2.14. The zero-order valence-electron chi connectivity index (χ0n) is 19.8. The van der Waals surface area contributed by atoms with Crippen molar-refractivity contribution >= 4 is 28.7 Å². The molecule has 186 valence electrons. The summed E-state index contributed by atoms with van der Waals surface area (Å²) < 4.78 is 6.57. The first-order valence-electron chi connectivity index (χ1n) is 11.7. The number of amides is 2. The van der Waals surface area contributed by atoms with E-state index >= 15 is 0 Å². The minimum absolute atomic E-state index is 0.0171. The summed E-state index contributed by atoms with van der Waals surface area (Å²) >= 11 is 0. The lowest BCUT2D eigenvalue weighted by Gasteiger charge is -2.34. The molecule has 0 aliphatic carbocycles. The molecule has 1 fully saturated rings. The van der Waals surface area contributed by atoms with Gasteiger partial charge in [0.2, 0.25) is 11.8 Å². The molecular formula is C24H26N8O4. The van der Waals surface area contributed by atoms with Crippen molar-refractivity contribution in [2.45, 2.75) is 19.8 Å². The Kier molecular flexibility index (Phi) is 6.58. The van der Waals surface area contributed by atoms with E-state index in [1.165, 1.54) is 6.20 Å². The molecule has 1 aromatic carbocycles. The minimum atomic E-state index is -0.280. The Balaban J connectivity index is 1.15. The monoisotopic (exact) mass is 490 g/mol. The van der Waals surface area contributed by atoms with Gasteiger partial charge in [0, 0.05) is 45.1 Å². The van der Waals surface area contributed by atoms with E-state index in [9.17, 15) is 14.4 Å². The molecule has 12 heteroatoms. The maximum Gasteiger partial charge on any atom is 0.262 e. The Morgan fingerprint density at radius 3 is 2.64 bits per heavy atom. The van der Waals surface area contributed by atoms with Crippen LogP contribution in [-0.4, -0.2) is 79.2 Å². The van der Waals surface area contributed by atoms with Gasteiger partial charge >= 0.3 is 0 Å². The molecule has 0 spiro atoms. The number of aryl methyl sites for hydroxylation is 2. The number of hydrogen-bond donors (Lipinski definition) is 2. The number of carbonyl (C=O) groups excluding carboxylic acids is 2. The van der Waals surface area contributed by atoms with Gasteiger partial charge in [-0.1, -0.05) is 23.4 Å². The molecule has 0 atom stereocenters. The van der Waals surface area contributed by atoms with E-state index in [2.05, 4.69) is 25.5 Å². The normalized spacial score (nSPS) is 14.3. The summed E-state index contributed by atoms with van der Waals surface area (Å²) in [7, 11) is 0. The molecule has 4 heterocycles. The Morgan fingerprint density at radius 2 is 1.92 bits per heavy atom. The number of hydrogen-bond acceptors (Lipinski definition) is 8. The number of rotatable bonds is 7. The summed E-state index contributed by atoms with van der Waals surface area (Å²) in [5, 5.41) is 11.2. The fourth-order valence-electron chi connectivity index (χ4n) is 4.19. The van der Waals surface area contributed by atoms with Gasteiger partial charge in [0.15, 0.2) is 11.5 Å². The molecule has 1 aliphatic rings. The fourth-order valence-corrected chi connectivity index (χ4v) is 4.19. The van der Waals surface area contributed by atoms with Crippen molar-refractivity contribution in [3.05, 3.63) is 64.5 Å². The van der Waals surface area contributed by atoms with Crippen molar-refractivity contribution in [2.75, 3.05) is 38.0 Å². The average Bonchev–Trinajstić information content (AvgIpc) is 3.49. The van der Waals surface area contributed by atoms with Gasteiger partial charge in [-0.15, -0.1) is 0 Å². The molecule has 12 nitrogen and oxygen atoms in total. The highest BCUT2D eigenvalue weighted by molar-refractivity contribution is 5.91. The number of piperazine rings is 1.